The van der Waals surface area contributed by atoms with Crippen LogP contribution in [0.4, 0.5) is 10.3 Å². The molecule has 0 atom stereocenters. The monoisotopic (exact) mass is 393 g/mol. The van der Waals surface area contributed by atoms with E-state index in [0.29, 0.717) is 28.9 Å². The lowest BCUT2D eigenvalue weighted by atomic mass is 10.1. The molecule has 0 bridgehead atoms. The molecular formula is C20H16FN5O3. The van der Waals surface area contributed by atoms with Crippen molar-refractivity contribution in [3.8, 4) is 11.4 Å². The number of amides is 3. The van der Waals surface area contributed by atoms with Gasteiger partial charge in [-0.3, -0.25) is 29.7 Å². The molecule has 1 aliphatic heterocycles. The molecule has 4 rings (SSSR count). The number of hydrogen-bond donors (Lipinski definition) is 2. The highest BCUT2D eigenvalue weighted by molar-refractivity contribution is 6.21. The van der Waals surface area contributed by atoms with Gasteiger partial charge in [-0.15, -0.1) is 5.10 Å². The van der Waals surface area contributed by atoms with E-state index in [2.05, 4.69) is 20.5 Å². The van der Waals surface area contributed by atoms with Crippen LogP contribution in [-0.2, 0) is 4.79 Å². The minimum absolute atomic E-state index is 0.0911. The van der Waals surface area contributed by atoms with Crippen molar-refractivity contribution in [1.82, 2.24) is 20.1 Å². The second-order valence-corrected chi connectivity index (χ2v) is 6.47. The Bertz CT molecular complexity index is 1060. The highest BCUT2D eigenvalue weighted by atomic mass is 19.1. The predicted octanol–water partition coefficient (Wildman–Crippen LogP) is 2.63. The smallest absolute Gasteiger partial charge is 0.261 e. The fraction of sp³-hybridized carbons (Fsp3) is 0.150. The molecule has 1 aliphatic rings. The van der Waals surface area contributed by atoms with Gasteiger partial charge in [-0.05, 0) is 42.8 Å². The van der Waals surface area contributed by atoms with Gasteiger partial charge in [-0.1, -0.05) is 12.1 Å². The number of hydrogen-bond acceptors (Lipinski definition) is 5. The van der Waals surface area contributed by atoms with Crippen molar-refractivity contribution >= 4 is 23.7 Å². The predicted molar refractivity (Wildman–Crippen MR) is 101 cm³/mol. The topological polar surface area (TPSA) is 108 Å². The third kappa shape index (κ3) is 3.75. The van der Waals surface area contributed by atoms with Crippen LogP contribution in [0.3, 0.4) is 0 Å². The van der Waals surface area contributed by atoms with Crippen LogP contribution in [0.2, 0.25) is 0 Å². The highest BCUT2D eigenvalue weighted by Crippen LogP contribution is 2.22. The van der Waals surface area contributed by atoms with Crippen LogP contribution in [0.15, 0.2) is 48.5 Å². The van der Waals surface area contributed by atoms with Crippen LogP contribution in [0.5, 0.6) is 0 Å². The largest absolute Gasteiger partial charge is 0.293 e. The van der Waals surface area contributed by atoms with Gasteiger partial charge in [-0.25, -0.2) is 4.39 Å². The van der Waals surface area contributed by atoms with Crippen molar-refractivity contribution < 1.29 is 18.8 Å². The molecule has 0 unspecified atom stereocenters. The molecular weight excluding hydrogens is 377 g/mol. The molecule has 146 valence electrons. The van der Waals surface area contributed by atoms with Gasteiger partial charge >= 0.3 is 0 Å². The summed E-state index contributed by atoms with van der Waals surface area (Å²) < 4.78 is 13.0. The van der Waals surface area contributed by atoms with E-state index < -0.39 is 0 Å². The Morgan fingerprint density at radius 2 is 1.69 bits per heavy atom. The Balaban J connectivity index is 1.30. The maximum atomic E-state index is 13.0. The summed E-state index contributed by atoms with van der Waals surface area (Å²) >= 11 is 0. The molecule has 2 aromatic carbocycles. The van der Waals surface area contributed by atoms with E-state index in [4.69, 9.17) is 0 Å². The molecule has 0 saturated carbocycles. The van der Waals surface area contributed by atoms with Gasteiger partial charge in [0.05, 0.1) is 11.1 Å². The van der Waals surface area contributed by atoms with Gasteiger partial charge in [0.15, 0.2) is 5.82 Å². The second-order valence-electron chi connectivity index (χ2n) is 6.47. The van der Waals surface area contributed by atoms with E-state index >= 15 is 0 Å². The number of nitrogens with zero attached hydrogens (tertiary/aromatic N) is 3. The standard InChI is InChI=1S/C20H16FN5O3/c21-13-9-7-12(8-10-13)17-23-20(25-24-17)22-16(27)6-3-11-26-18(28)14-4-1-2-5-15(14)19(26)29/h1-2,4-5,7-10H,3,6,11H2,(H2,22,23,24,25,27). The molecule has 0 spiro atoms. The summed E-state index contributed by atoms with van der Waals surface area (Å²) in [5.41, 5.74) is 1.40. The van der Waals surface area contributed by atoms with Gasteiger partial charge in [-0.2, -0.15) is 4.98 Å². The van der Waals surface area contributed by atoms with Crippen molar-refractivity contribution in [3.63, 3.8) is 0 Å². The first-order valence-electron chi connectivity index (χ1n) is 8.96. The normalized spacial score (nSPS) is 12.9. The zero-order valence-electron chi connectivity index (χ0n) is 15.2. The second kappa shape index (κ2) is 7.63. The molecule has 0 fully saturated rings. The average Bonchev–Trinajstić information content (AvgIpc) is 3.27. The minimum atomic E-state index is -0.361. The van der Waals surface area contributed by atoms with Crippen molar-refractivity contribution in [2.24, 2.45) is 0 Å². The van der Waals surface area contributed by atoms with Crippen LogP contribution < -0.4 is 5.32 Å². The lowest BCUT2D eigenvalue weighted by Crippen LogP contribution is -2.31. The van der Waals surface area contributed by atoms with Crippen molar-refractivity contribution in [3.05, 3.63) is 65.5 Å². The summed E-state index contributed by atoms with van der Waals surface area (Å²) in [7, 11) is 0. The number of anilines is 1. The zero-order chi connectivity index (χ0) is 20.4. The molecule has 2 N–H and O–H groups in total. The van der Waals surface area contributed by atoms with E-state index in [0.717, 1.165) is 4.90 Å². The first-order chi connectivity index (χ1) is 14.0. The van der Waals surface area contributed by atoms with Gasteiger partial charge in [0.1, 0.15) is 5.82 Å². The van der Waals surface area contributed by atoms with E-state index in [1.54, 1.807) is 36.4 Å². The van der Waals surface area contributed by atoms with Crippen molar-refractivity contribution in [2.45, 2.75) is 12.8 Å². The molecule has 9 heteroatoms. The van der Waals surface area contributed by atoms with Crippen molar-refractivity contribution in [1.29, 1.82) is 0 Å². The van der Waals surface area contributed by atoms with Crippen LogP contribution in [0.1, 0.15) is 33.6 Å². The summed E-state index contributed by atoms with van der Waals surface area (Å²) in [5, 5.41) is 9.14. The Morgan fingerprint density at radius 3 is 2.34 bits per heavy atom. The number of rotatable bonds is 6. The number of nitrogens with one attached hydrogen (secondary N) is 2. The molecule has 29 heavy (non-hydrogen) atoms. The van der Waals surface area contributed by atoms with Crippen LogP contribution in [0.25, 0.3) is 11.4 Å². The van der Waals surface area contributed by atoms with Gasteiger partial charge in [0.2, 0.25) is 11.9 Å². The molecule has 2 heterocycles. The van der Waals surface area contributed by atoms with Crippen LogP contribution in [0, 0.1) is 5.82 Å². The van der Waals surface area contributed by atoms with Crippen molar-refractivity contribution in [2.75, 3.05) is 11.9 Å². The summed E-state index contributed by atoms with van der Waals surface area (Å²) in [5.74, 6) is -0.902. The summed E-state index contributed by atoms with van der Waals surface area (Å²) in [4.78, 5) is 42.0. The van der Waals surface area contributed by atoms with E-state index in [-0.39, 0.29) is 42.5 Å². The Kier molecular flexibility index (Phi) is 4.86. The van der Waals surface area contributed by atoms with Gasteiger partial charge in [0, 0.05) is 18.5 Å². The third-order valence-corrected chi connectivity index (χ3v) is 4.52. The molecule has 0 aliphatic carbocycles. The number of imide groups is 1. The highest BCUT2D eigenvalue weighted by Gasteiger charge is 2.34. The summed E-state index contributed by atoms with van der Waals surface area (Å²) in [6.07, 6.45) is 0.403. The van der Waals surface area contributed by atoms with E-state index in [1.807, 2.05) is 0 Å². The number of carbonyl (C=O) groups is 3. The summed E-state index contributed by atoms with van der Waals surface area (Å²) in [6, 6.07) is 12.3. The number of aromatic nitrogens is 3. The van der Waals surface area contributed by atoms with E-state index in [1.165, 1.54) is 12.1 Å². The quantitative estimate of drug-likeness (QED) is 0.626. The number of halogens is 1. The maximum absolute atomic E-state index is 13.0. The number of carbonyl (C=O) groups excluding carboxylic acids is 3. The van der Waals surface area contributed by atoms with Crippen LogP contribution in [-0.4, -0.2) is 44.3 Å². The SMILES string of the molecule is O=C(CCCN1C(=O)c2ccccc2C1=O)Nc1n[nH]c(-c2ccc(F)cc2)n1. The number of benzene rings is 2. The molecule has 3 amide bonds. The number of fused-ring (bicyclic) bond motifs is 1. The van der Waals surface area contributed by atoms with Crippen LogP contribution >= 0.6 is 0 Å². The summed E-state index contributed by atoms with van der Waals surface area (Å²) in [6.45, 7) is 0.147. The number of H-pyrrole nitrogens is 1. The first-order valence-corrected chi connectivity index (χ1v) is 8.96. The Morgan fingerprint density at radius 1 is 1.03 bits per heavy atom. The van der Waals surface area contributed by atoms with E-state index in [9.17, 15) is 18.8 Å². The molecule has 8 nitrogen and oxygen atoms in total. The lowest BCUT2D eigenvalue weighted by Gasteiger charge is -2.13. The fourth-order valence-electron chi connectivity index (χ4n) is 3.08. The fourth-order valence-corrected chi connectivity index (χ4v) is 3.08. The molecule has 1 aromatic heterocycles. The average molecular weight is 393 g/mol. The maximum Gasteiger partial charge on any atom is 0.261 e. The first kappa shape index (κ1) is 18.5. The molecule has 0 saturated heterocycles. The molecule has 0 radical (unpaired) electrons. The number of aromatic amines is 1. The zero-order valence-corrected chi connectivity index (χ0v) is 15.2. The lowest BCUT2D eigenvalue weighted by molar-refractivity contribution is -0.116. The Labute approximate surface area is 164 Å². The van der Waals surface area contributed by atoms with Gasteiger partial charge < -0.3 is 0 Å². The minimum Gasteiger partial charge on any atom is -0.293 e. The van der Waals surface area contributed by atoms with Gasteiger partial charge in [0.25, 0.3) is 11.8 Å². The third-order valence-electron chi connectivity index (χ3n) is 4.52. The Hall–Kier alpha value is -3.88. The molecule has 3 aromatic rings.